The van der Waals surface area contributed by atoms with Gasteiger partial charge in [-0.1, -0.05) is 17.7 Å². The van der Waals surface area contributed by atoms with Crippen molar-refractivity contribution in [2.75, 3.05) is 0 Å². The Labute approximate surface area is 217 Å². The minimum atomic E-state index is -4.64. The fourth-order valence-electron chi connectivity index (χ4n) is 4.71. The second kappa shape index (κ2) is 9.96. The van der Waals surface area contributed by atoms with E-state index in [1.165, 1.54) is 0 Å². The minimum absolute atomic E-state index is 0.0913. The van der Waals surface area contributed by atoms with Gasteiger partial charge in [0, 0.05) is 35.1 Å². The molecule has 1 unspecified atom stereocenters. The molecule has 2 aliphatic rings. The van der Waals surface area contributed by atoms with Crippen LogP contribution in [0.1, 0.15) is 84.3 Å². The molecule has 11 heteroatoms. The lowest BCUT2D eigenvalue weighted by atomic mass is 10.0. The first kappa shape index (κ1) is 26.9. The van der Waals surface area contributed by atoms with E-state index in [1.54, 1.807) is 25.1 Å². The molecule has 2 N–H and O–H groups in total. The van der Waals surface area contributed by atoms with Gasteiger partial charge in [-0.2, -0.15) is 13.2 Å². The van der Waals surface area contributed by atoms with Gasteiger partial charge in [0.1, 0.15) is 5.54 Å². The molecule has 2 heterocycles. The summed E-state index contributed by atoms with van der Waals surface area (Å²) in [5.74, 6) is -1.37. The van der Waals surface area contributed by atoms with E-state index < -0.39 is 35.1 Å². The van der Waals surface area contributed by atoms with Gasteiger partial charge >= 0.3 is 6.18 Å². The molecule has 198 valence electrons. The highest BCUT2D eigenvalue weighted by Gasteiger charge is 2.51. The molecule has 0 radical (unpaired) electrons. The Morgan fingerprint density at radius 3 is 2.30 bits per heavy atom. The number of hydrogen-bond acceptors (Lipinski definition) is 4. The third-order valence-electron chi connectivity index (χ3n) is 7.11. The average Bonchev–Trinajstić information content (AvgIpc) is 3.55. The van der Waals surface area contributed by atoms with Crippen LogP contribution in [0.25, 0.3) is 0 Å². The molecule has 3 amide bonds. The lowest BCUT2D eigenvalue weighted by Crippen LogP contribution is -2.49. The van der Waals surface area contributed by atoms with Crippen LogP contribution in [0.4, 0.5) is 13.2 Å². The lowest BCUT2D eigenvalue weighted by molar-refractivity contribution is -0.137. The molecule has 1 aromatic carbocycles. The molecule has 2 fully saturated rings. The van der Waals surface area contributed by atoms with E-state index in [1.807, 2.05) is 18.7 Å². The molecule has 3 atom stereocenters. The standard InChI is InChI=1S/C26H28ClF3N4O3/c1-14-4-5-15(2)34(14)23(36)17-6-7-20(21(27)11-17)16(3)32-24(37)25(8-9-25)33-22(35)18-10-19(13-31-12-18)26(28,29)30/h6-7,10-16H,4-5,8-9H2,1-3H3,(H,32,37)(H,33,35)/t14-,15+,16?. The van der Waals surface area contributed by atoms with Crippen LogP contribution in [0.5, 0.6) is 0 Å². The zero-order chi connectivity index (χ0) is 27.1. The zero-order valence-electron chi connectivity index (χ0n) is 20.7. The molecule has 0 bridgehead atoms. The number of aromatic nitrogens is 1. The quantitative estimate of drug-likeness (QED) is 0.549. The summed E-state index contributed by atoms with van der Waals surface area (Å²) in [5, 5.41) is 5.70. The van der Waals surface area contributed by atoms with Gasteiger partial charge in [0.2, 0.25) is 5.91 Å². The Kier molecular flexibility index (Phi) is 7.25. The fraction of sp³-hybridized carbons (Fsp3) is 0.462. The highest BCUT2D eigenvalue weighted by Crippen LogP contribution is 2.37. The first-order chi connectivity index (χ1) is 17.3. The van der Waals surface area contributed by atoms with Gasteiger partial charge in [-0.25, -0.2) is 0 Å². The van der Waals surface area contributed by atoms with E-state index in [0.717, 1.165) is 19.0 Å². The van der Waals surface area contributed by atoms with Crippen LogP contribution in [0.3, 0.4) is 0 Å². The number of amides is 3. The number of nitrogens with zero attached hydrogens (tertiary/aromatic N) is 2. The van der Waals surface area contributed by atoms with Gasteiger partial charge in [-0.3, -0.25) is 19.4 Å². The normalized spacial score (nSPS) is 21.3. The van der Waals surface area contributed by atoms with Crippen molar-refractivity contribution in [1.29, 1.82) is 0 Å². The van der Waals surface area contributed by atoms with Crippen molar-refractivity contribution >= 4 is 29.3 Å². The molecule has 2 aromatic rings. The number of halogens is 4. The molecule has 1 saturated heterocycles. The molecule has 4 rings (SSSR count). The monoisotopic (exact) mass is 536 g/mol. The van der Waals surface area contributed by atoms with Gasteiger partial charge in [0.25, 0.3) is 11.8 Å². The van der Waals surface area contributed by atoms with Gasteiger partial charge in [-0.15, -0.1) is 0 Å². The number of alkyl halides is 3. The van der Waals surface area contributed by atoms with Gasteiger partial charge in [0.05, 0.1) is 17.2 Å². The molecular weight excluding hydrogens is 509 g/mol. The van der Waals surface area contributed by atoms with Crippen LogP contribution in [0.2, 0.25) is 5.02 Å². The molecule has 1 aromatic heterocycles. The topological polar surface area (TPSA) is 91.4 Å². The number of nitrogens with one attached hydrogen (secondary N) is 2. The van der Waals surface area contributed by atoms with E-state index in [4.69, 9.17) is 11.6 Å². The zero-order valence-corrected chi connectivity index (χ0v) is 21.4. The lowest BCUT2D eigenvalue weighted by Gasteiger charge is -2.27. The summed E-state index contributed by atoms with van der Waals surface area (Å²) in [5.41, 5.74) is -1.49. The Morgan fingerprint density at radius 1 is 1.08 bits per heavy atom. The van der Waals surface area contributed by atoms with Crippen LogP contribution < -0.4 is 10.6 Å². The number of pyridine rings is 1. The summed E-state index contributed by atoms with van der Waals surface area (Å²) >= 11 is 6.49. The number of carbonyl (C=O) groups is 3. The molecule has 7 nitrogen and oxygen atoms in total. The van der Waals surface area contributed by atoms with Crippen molar-refractivity contribution in [2.45, 2.75) is 76.3 Å². The minimum Gasteiger partial charge on any atom is -0.347 e. The fourth-order valence-corrected chi connectivity index (χ4v) is 5.05. The van der Waals surface area contributed by atoms with Crippen molar-refractivity contribution in [3.63, 3.8) is 0 Å². The maximum atomic E-state index is 13.0. The SMILES string of the molecule is CC(NC(=O)C1(NC(=O)c2cncc(C(F)(F)F)c2)CC1)c1ccc(C(=O)N2[C@H](C)CC[C@@H]2C)cc1Cl. The predicted octanol–water partition coefficient (Wildman–Crippen LogP) is 4.91. The Balaban J connectivity index is 1.42. The summed E-state index contributed by atoms with van der Waals surface area (Å²) < 4.78 is 38.9. The third-order valence-corrected chi connectivity index (χ3v) is 7.44. The van der Waals surface area contributed by atoms with E-state index in [0.29, 0.717) is 41.3 Å². The molecule has 37 heavy (non-hydrogen) atoms. The van der Waals surface area contributed by atoms with Crippen molar-refractivity contribution in [3.05, 3.63) is 63.9 Å². The summed E-state index contributed by atoms with van der Waals surface area (Å²) in [6.45, 7) is 5.76. The van der Waals surface area contributed by atoms with Crippen LogP contribution >= 0.6 is 11.6 Å². The van der Waals surface area contributed by atoms with Crippen LogP contribution in [0, 0.1) is 0 Å². The van der Waals surface area contributed by atoms with Crippen molar-refractivity contribution in [1.82, 2.24) is 20.5 Å². The van der Waals surface area contributed by atoms with Crippen molar-refractivity contribution < 1.29 is 27.6 Å². The van der Waals surface area contributed by atoms with Gasteiger partial charge in [0.15, 0.2) is 0 Å². The van der Waals surface area contributed by atoms with Crippen molar-refractivity contribution in [2.24, 2.45) is 0 Å². The molecule has 1 aliphatic heterocycles. The van der Waals surface area contributed by atoms with E-state index in [9.17, 15) is 27.6 Å². The number of hydrogen-bond donors (Lipinski definition) is 2. The predicted molar refractivity (Wildman–Crippen MR) is 131 cm³/mol. The maximum absolute atomic E-state index is 13.0. The van der Waals surface area contributed by atoms with E-state index in [2.05, 4.69) is 15.6 Å². The van der Waals surface area contributed by atoms with Crippen molar-refractivity contribution in [3.8, 4) is 0 Å². The molecule has 0 spiro atoms. The summed E-state index contributed by atoms with van der Waals surface area (Å²) in [4.78, 5) is 44.0. The van der Waals surface area contributed by atoms with Gasteiger partial charge in [-0.05, 0) is 70.2 Å². The van der Waals surface area contributed by atoms with Gasteiger partial charge < -0.3 is 15.5 Å². The third kappa shape index (κ3) is 5.58. The first-order valence-electron chi connectivity index (χ1n) is 12.1. The summed E-state index contributed by atoms with van der Waals surface area (Å²) in [6, 6.07) is 5.42. The smallest absolute Gasteiger partial charge is 0.347 e. The first-order valence-corrected chi connectivity index (χ1v) is 12.5. The molecule has 1 aliphatic carbocycles. The molecular formula is C26H28ClF3N4O3. The number of benzene rings is 1. The summed E-state index contributed by atoms with van der Waals surface area (Å²) in [6.07, 6.45) is -0.402. The average molecular weight is 537 g/mol. The van der Waals surface area contributed by atoms with Crippen LogP contribution in [0.15, 0.2) is 36.7 Å². The van der Waals surface area contributed by atoms with Crippen LogP contribution in [-0.2, 0) is 11.0 Å². The van der Waals surface area contributed by atoms with E-state index in [-0.39, 0.29) is 23.6 Å². The molecule has 1 saturated carbocycles. The summed E-state index contributed by atoms with van der Waals surface area (Å²) in [7, 11) is 0. The number of likely N-dealkylation sites (tertiary alicyclic amines) is 1. The Morgan fingerprint density at radius 2 is 1.73 bits per heavy atom. The highest BCUT2D eigenvalue weighted by atomic mass is 35.5. The Bertz CT molecular complexity index is 1220. The second-order valence-electron chi connectivity index (χ2n) is 9.92. The van der Waals surface area contributed by atoms with Crippen LogP contribution in [-0.4, -0.2) is 45.2 Å². The maximum Gasteiger partial charge on any atom is 0.417 e. The second-order valence-corrected chi connectivity index (χ2v) is 10.3. The highest BCUT2D eigenvalue weighted by molar-refractivity contribution is 6.31. The largest absolute Gasteiger partial charge is 0.417 e. The van der Waals surface area contributed by atoms with E-state index >= 15 is 0 Å². The number of rotatable bonds is 6. The number of carbonyl (C=O) groups excluding carboxylic acids is 3. The Hall–Kier alpha value is -3.14.